The van der Waals surface area contributed by atoms with Crippen molar-refractivity contribution in [3.63, 3.8) is 0 Å². The predicted octanol–water partition coefficient (Wildman–Crippen LogP) is 6.72. The van der Waals surface area contributed by atoms with E-state index in [2.05, 4.69) is 15.9 Å². The summed E-state index contributed by atoms with van der Waals surface area (Å²) in [6, 6.07) is 18.2. The molecule has 1 amide bonds. The third-order valence-corrected chi connectivity index (χ3v) is 7.45. The number of carboxylic acids is 1. The lowest BCUT2D eigenvalue weighted by molar-refractivity contribution is -0.145. The highest BCUT2D eigenvalue weighted by atomic mass is 79.9. The summed E-state index contributed by atoms with van der Waals surface area (Å²) in [6.45, 7) is 0.306. The molecule has 3 aromatic rings. The summed E-state index contributed by atoms with van der Waals surface area (Å²) in [7, 11) is 1.53. The minimum Gasteiger partial charge on any atom is -0.493 e. The molecule has 0 spiro atoms. The van der Waals surface area contributed by atoms with Gasteiger partial charge in [0, 0.05) is 5.02 Å². The maximum Gasteiger partial charge on any atom is 0.331 e. The van der Waals surface area contributed by atoms with Crippen LogP contribution in [0.15, 0.2) is 76.1 Å². The average Bonchev–Trinajstić information content (AvgIpc) is 3.12. The number of hydrogen-bond donors (Lipinski definition) is 1. The Kier molecular flexibility index (Phi) is 8.35. The van der Waals surface area contributed by atoms with Crippen LogP contribution in [-0.2, 0) is 16.2 Å². The van der Waals surface area contributed by atoms with Gasteiger partial charge >= 0.3 is 5.97 Å². The van der Waals surface area contributed by atoms with Crippen LogP contribution in [0.2, 0.25) is 5.02 Å². The molecule has 0 saturated carbocycles. The van der Waals surface area contributed by atoms with Crippen LogP contribution in [0.3, 0.4) is 0 Å². The van der Waals surface area contributed by atoms with Gasteiger partial charge in [-0.15, -0.1) is 0 Å². The van der Waals surface area contributed by atoms with Crippen LogP contribution in [0.4, 0.5) is 0 Å². The first kappa shape index (κ1) is 26.2. The van der Waals surface area contributed by atoms with Crippen LogP contribution in [0.25, 0.3) is 6.08 Å². The Morgan fingerprint density at radius 3 is 2.53 bits per heavy atom. The molecule has 1 aliphatic rings. The highest BCUT2D eigenvalue weighted by molar-refractivity contribution is 9.10. The largest absolute Gasteiger partial charge is 0.493 e. The van der Waals surface area contributed by atoms with E-state index in [0.29, 0.717) is 43.6 Å². The Balaban J connectivity index is 1.59. The molecule has 184 valence electrons. The predicted molar refractivity (Wildman–Crippen MR) is 148 cm³/mol. The van der Waals surface area contributed by atoms with Gasteiger partial charge in [0.25, 0.3) is 5.91 Å². The van der Waals surface area contributed by atoms with E-state index < -0.39 is 17.9 Å². The molecule has 0 aromatic heterocycles. The van der Waals surface area contributed by atoms with E-state index in [1.54, 1.807) is 60.7 Å². The first-order chi connectivity index (χ1) is 17.3. The molecule has 1 heterocycles. The van der Waals surface area contributed by atoms with Gasteiger partial charge < -0.3 is 14.6 Å². The number of ether oxygens (including phenoxy) is 2. The van der Waals surface area contributed by atoms with Gasteiger partial charge in [0.1, 0.15) is 10.9 Å². The minimum absolute atomic E-state index is 0.177. The normalized spacial score (nSPS) is 15.3. The second-order valence-electron chi connectivity index (χ2n) is 7.65. The third-order valence-electron chi connectivity index (χ3n) is 5.28. The van der Waals surface area contributed by atoms with E-state index in [0.717, 1.165) is 22.2 Å². The van der Waals surface area contributed by atoms with Crippen LogP contribution >= 0.6 is 51.5 Å². The molecular weight excluding hydrogens is 586 g/mol. The van der Waals surface area contributed by atoms with Crippen LogP contribution in [-0.4, -0.2) is 33.3 Å². The summed E-state index contributed by atoms with van der Waals surface area (Å²) in [4.78, 5) is 26.8. The Labute approximate surface area is 231 Å². The smallest absolute Gasteiger partial charge is 0.331 e. The zero-order chi connectivity index (χ0) is 25.8. The Bertz CT molecular complexity index is 1350. The number of methoxy groups -OCH3 is 1. The van der Waals surface area contributed by atoms with Crippen LogP contribution in [0.1, 0.15) is 22.7 Å². The molecule has 10 heteroatoms. The zero-order valence-electron chi connectivity index (χ0n) is 18.8. The number of carbonyl (C=O) groups is 2. The van der Waals surface area contributed by atoms with Gasteiger partial charge in [0.2, 0.25) is 0 Å². The van der Waals surface area contributed by atoms with Gasteiger partial charge in [-0.2, -0.15) is 0 Å². The van der Waals surface area contributed by atoms with Crippen LogP contribution < -0.4 is 9.47 Å². The molecular formula is C26H19BrClNO5S2. The molecule has 3 aromatic carbocycles. The lowest BCUT2D eigenvalue weighted by atomic mass is 10.1. The fourth-order valence-corrected chi connectivity index (χ4v) is 5.60. The number of rotatable bonds is 8. The van der Waals surface area contributed by atoms with Gasteiger partial charge in [0.05, 0.1) is 16.5 Å². The van der Waals surface area contributed by atoms with Crippen molar-refractivity contribution in [3.05, 3.63) is 97.8 Å². The van der Waals surface area contributed by atoms with E-state index in [1.807, 2.05) is 12.1 Å². The highest BCUT2D eigenvalue weighted by Gasteiger charge is 2.41. The van der Waals surface area contributed by atoms with Crippen LogP contribution in [0.5, 0.6) is 11.5 Å². The Morgan fingerprint density at radius 2 is 1.89 bits per heavy atom. The number of carboxylic acid groups (broad SMARTS) is 1. The van der Waals surface area contributed by atoms with Crippen molar-refractivity contribution >= 4 is 73.8 Å². The van der Waals surface area contributed by atoms with E-state index >= 15 is 0 Å². The molecule has 1 saturated heterocycles. The molecule has 1 fully saturated rings. The lowest BCUT2D eigenvalue weighted by Crippen LogP contribution is -2.37. The molecule has 0 bridgehead atoms. The van der Waals surface area contributed by atoms with Crippen molar-refractivity contribution in [1.82, 2.24) is 4.90 Å². The summed E-state index contributed by atoms with van der Waals surface area (Å²) in [5, 5.41) is 10.5. The maximum atomic E-state index is 13.2. The van der Waals surface area contributed by atoms with Crippen molar-refractivity contribution in [1.29, 1.82) is 0 Å². The molecule has 1 unspecified atom stereocenters. The minimum atomic E-state index is -1.21. The quantitative estimate of drug-likeness (QED) is 0.226. The second-order valence-corrected chi connectivity index (χ2v) is 10.6. The summed E-state index contributed by atoms with van der Waals surface area (Å²) in [6.07, 6.45) is 1.65. The van der Waals surface area contributed by atoms with Crippen molar-refractivity contribution in [2.24, 2.45) is 0 Å². The van der Waals surface area contributed by atoms with E-state index in [1.165, 1.54) is 7.11 Å². The summed E-state index contributed by atoms with van der Waals surface area (Å²) in [5.41, 5.74) is 2.06. The number of thiocarbonyl (C=S) groups is 1. The monoisotopic (exact) mass is 603 g/mol. The number of hydrogen-bond acceptors (Lipinski definition) is 6. The SMILES string of the molecule is COc1cc(/C=C2\SC(=S)N(C(C(=O)O)c3ccccc3)C2=O)cc(Br)c1OCc1ccc(Cl)cc1. The van der Waals surface area contributed by atoms with E-state index in [-0.39, 0.29) is 4.32 Å². The average molecular weight is 605 g/mol. The first-order valence-corrected chi connectivity index (χ1v) is 13.0. The number of carbonyl (C=O) groups excluding carboxylic acids is 1. The first-order valence-electron chi connectivity index (χ1n) is 10.6. The molecule has 1 atom stereocenters. The lowest BCUT2D eigenvalue weighted by Gasteiger charge is -2.23. The molecule has 1 aliphatic heterocycles. The standard InChI is InChI=1S/C26H19BrClNO5S2/c1-33-20-12-16(11-19(27)23(20)34-14-15-7-9-18(28)10-8-15)13-21-24(30)29(26(35)36-21)22(25(31)32)17-5-3-2-4-6-17/h2-13,22H,14H2,1H3,(H,31,32)/b21-13-. The van der Waals surface area contributed by atoms with Gasteiger partial charge in [-0.1, -0.05) is 78.0 Å². The summed E-state index contributed by atoms with van der Waals surface area (Å²) in [5.74, 6) is -0.662. The van der Waals surface area contributed by atoms with Crippen molar-refractivity contribution < 1.29 is 24.2 Å². The van der Waals surface area contributed by atoms with Gasteiger partial charge in [-0.3, -0.25) is 9.69 Å². The fraction of sp³-hybridized carbons (Fsp3) is 0.115. The maximum absolute atomic E-state index is 13.2. The Morgan fingerprint density at radius 1 is 1.19 bits per heavy atom. The highest BCUT2D eigenvalue weighted by Crippen LogP contribution is 2.41. The number of amides is 1. The van der Waals surface area contributed by atoms with Crippen molar-refractivity contribution in [2.45, 2.75) is 12.6 Å². The molecule has 1 N–H and O–H groups in total. The molecule has 36 heavy (non-hydrogen) atoms. The number of halogens is 2. The summed E-state index contributed by atoms with van der Waals surface area (Å²) >= 11 is 15.9. The topological polar surface area (TPSA) is 76.1 Å². The number of benzene rings is 3. The summed E-state index contributed by atoms with van der Waals surface area (Å²) < 4.78 is 12.3. The van der Waals surface area contributed by atoms with Gasteiger partial charge in [-0.25, -0.2) is 4.79 Å². The third kappa shape index (κ3) is 5.75. The van der Waals surface area contributed by atoms with E-state index in [9.17, 15) is 14.7 Å². The zero-order valence-corrected chi connectivity index (χ0v) is 22.8. The fourth-order valence-electron chi connectivity index (χ4n) is 3.59. The van der Waals surface area contributed by atoms with Crippen molar-refractivity contribution in [3.8, 4) is 11.5 Å². The molecule has 0 radical (unpaired) electrons. The molecule has 4 rings (SSSR count). The van der Waals surface area contributed by atoms with Gasteiger partial charge in [0.15, 0.2) is 17.5 Å². The van der Waals surface area contributed by atoms with Crippen molar-refractivity contribution in [2.75, 3.05) is 7.11 Å². The number of nitrogens with zero attached hydrogens (tertiary/aromatic N) is 1. The van der Waals surface area contributed by atoms with Crippen LogP contribution in [0, 0.1) is 0 Å². The van der Waals surface area contributed by atoms with E-state index in [4.69, 9.17) is 33.3 Å². The molecule has 0 aliphatic carbocycles. The molecule has 6 nitrogen and oxygen atoms in total. The number of aliphatic carboxylic acids is 1. The Hall–Kier alpha value is -2.85. The number of thioether (sulfide) groups is 1. The second kappa shape index (κ2) is 11.5. The van der Waals surface area contributed by atoms with Gasteiger partial charge in [-0.05, 0) is 63.0 Å².